The summed E-state index contributed by atoms with van der Waals surface area (Å²) in [6.07, 6.45) is 2.51. The first kappa shape index (κ1) is 19.2. The summed E-state index contributed by atoms with van der Waals surface area (Å²) in [5.41, 5.74) is 0.849. The Labute approximate surface area is 157 Å². The number of anilines is 1. The molecule has 2 saturated heterocycles. The maximum absolute atomic E-state index is 12.7. The SMILES string of the molecule is CNC1CCN(C(=O)C2CCN(c3ccccc3Br)C2=O)CC1.Cl. The highest BCUT2D eigenvalue weighted by Crippen LogP contribution is 2.32. The number of piperidine rings is 1. The quantitative estimate of drug-likeness (QED) is 0.770. The lowest BCUT2D eigenvalue weighted by atomic mass is 10.0. The van der Waals surface area contributed by atoms with Crippen LogP contribution in [0.2, 0.25) is 0 Å². The minimum Gasteiger partial charge on any atom is -0.342 e. The van der Waals surface area contributed by atoms with Crippen LogP contribution in [0.15, 0.2) is 28.7 Å². The van der Waals surface area contributed by atoms with Gasteiger partial charge in [0.05, 0.1) is 5.69 Å². The molecule has 2 aliphatic rings. The molecule has 1 N–H and O–H groups in total. The van der Waals surface area contributed by atoms with Crippen LogP contribution in [0, 0.1) is 5.92 Å². The van der Waals surface area contributed by atoms with Gasteiger partial charge in [0, 0.05) is 30.1 Å². The van der Waals surface area contributed by atoms with Crippen molar-refractivity contribution in [3.63, 3.8) is 0 Å². The minimum atomic E-state index is -0.520. The number of para-hydroxylation sites is 1. The first-order chi connectivity index (χ1) is 11.1. The van der Waals surface area contributed by atoms with E-state index in [-0.39, 0.29) is 24.2 Å². The molecule has 5 nitrogen and oxygen atoms in total. The van der Waals surface area contributed by atoms with Gasteiger partial charge in [-0.2, -0.15) is 0 Å². The Morgan fingerprint density at radius 3 is 2.46 bits per heavy atom. The minimum absolute atomic E-state index is 0. The van der Waals surface area contributed by atoms with Crippen LogP contribution in [0.25, 0.3) is 0 Å². The fraction of sp³-hybridized carbons (Fsp3) is 0.529. The molecule has 1 aromatic rings. The van der Waals surface area contributed by atoms with Crippen molar-refractivity contribution in [2.45, 2.75) is 25.3 Å². The number of rotatable bonds is 3. The number of carbonyl (C=O) groups excluding carboxylic acids is 2. The van der Waals surface area contributed by atoms with Crippen molar-refractivity contribution in [1.82, 2.24) is 10.2 Å². The normalized spacial score (nSPS) is 21.8. The summed E-state index contributed by atoms with van der Waals surface area (Å²) in [7, 11) is 1.96. The van der Waals surface area contributed by atoms with Crippen molar-refractivity contribution in [3.05, 3.63) is 28.7 Å². The number of halogens is 2. The molecule has 0 radical (unpaired) electrons. The average Bonchev–Trinajstić information content (AvgIpc) is 2.96. The largest absolute Gasteiger partial charge is 0.342 e. The highest BCUT2D eigenvalue weighted by molar-refractivity contribution is 9.10. The van der Waals surface area contributed by atoms with Gasteiger partial charge in [0.25, 0.3) is 0 Å². The lowest BCUT2D eigenvalue weighted by Crippen LogP contribution is -2.47. The first-order valence-corrected chi connectivity index (χ1v) is 8.93. The zero-order valence-electron chi connectivity index (χ0n) is 13.7. The highest BCUT2D eigenvalue weighted by atomic mass is 79.9. The van der Waals surface area contributed by atoms with E-state index in [1.807, 2.05) is 36.2 Å². The van der Waals surface area contributed by atoms with Crippen molar-refractivity contribution in [2.75, 3.05) is 31.6 Å². The van der Waals surface area contributed by atoms with E-state index in [1.54, 1.807) is 4.90 Å². The molecule has 1 atom stereocenters. The number of nitrogens with zero attached hydrogens (tertiary/aromatic N) is 2. The van der Waals surface area contributed by atoms with Gasteiger partial charge >= 0.3 is 0 Å². The molecule has 2 fully saturated rings. The van der Waals surface area contributed by atoms with Crippen LogP contribution < -0.4 is 10.2 Å². The summed E-state index contributed by atoms with van der Waals surface area (Å²) in [6, 6.07) is 8.14. The van der Waals surface area contributed by atoms with Gasteiger partial charge < -0.3 is 15.1 Å². The summed E-state index contributed by atoms with van der Waals surface area (Å²) < 4.78 is 0.885. The lowest BCUT2D eigenvalue weighted by Gasteiger charge is -2.33. The van der Waals surface area contributed by atoms with E-state index in [2.05, 4.69) is 21.2 Å². The van der Waals surface area contributed by atoms with Crippen molar-refractivity contribution >= 4 is 45.8 Å². The predicted octanol–water partition coefficient (Wildman–Crippen LogP) is 2.43. The molecular weight excluding hydrogens is 394 g/mol. The second-order valence-electron chi connectivity index (χ2n) is 6.17. The number of likely N-dealkylation sites (tertiary alicyclic amines) is 1. The lowest BCUT2D eigenvalue weighted by molar-refractivity contribution is -0.140. The molecule has 2 heterocycles. The molecule has 1 aromatic carbocycles. The van der Waals surface area contributed by atoms with Crippen molar-refractivity contribution in [3.8, 4) is 0 Å². The standard InChI is InChI=1S/C17H22BrN3O2.ClH/c1-19-12-6-9-20(10-7-12)16(22)13-8-11-21(17(13)23)15-5-3-2-4-14(15)18;/h2-5,12-13,19H,6-11H2,1H3;1H. The molecule has 132 valence electrons. The molecule has 2 amide bonds. The molecule has 0 bridgehead atoms. The zero-order valence-corrected chi connectivity index (χ0v) is 16.1. The molecule has 0 saturated carbocycles. The van der Waals surface area contributed by atoms with Crippen molar-refractivity contribution < 1.29 is 9.59 Å². The third-order valence-corrected chi connectivity index (χ3v) is 5.53. The first-order valence-electron chi connectivity index (χ1n) is 8.13. The second kappa shape index (κ2) is 8.32. The smallest absolute Gasteiger partial charge is 0.239 e. The van der Waals surface area contributed by atoms with E-state index in [1.165, 1.54) is 0 Å². The average molecular weight is 417 g/mol. The number of amides is 2. The van der Waals surface area contributed by atoms with Gasteiger partial charge in [0.15, 0.2) is 0 Å². The molecule has 0 aromatic heterocycles. The third-order valence-electron chi connectivity index (χ3n) is 4.86. The van der Waals surface area contributed by atoms with Gasteiger partial charge in [-0.3, -0.25) is 9.59 Å². The molecule has 3 rings (SSSR count). The Hall–Kier alpha value is -1.11. The highest BCUT2D eigenvalue weighted by Gasteiger charge is 2.40. The van der Waals surface area contributed by atoms with Crippen LogP contribution in [0.4, 0.5) is 5.69 Å². The molecule has 2 aliphatic heterocycles. The van der Waals surface area contributed by atoms with E-state index >= 15 is 0 Å². The summed E-state index contributed by atoms with van der Waals surface area (Å²) in [5.74, 6) is -0.593. The third kappa shape index (κ3) is 3.76. The maximum Gasteiger partial charge on any atom is 0.239 e. The topological polar surface area (TPSA) is 52.7 Å². The fourth-order valence-corrected chi connectivity index (χ4v) is 3.93. The Bertz CT molecular complexity index is 605. The van der Waals surface area contributed by atoms with E-state index in [9.17, 15) is 9.59 Å². The van der Waals surface area contributed by atoms with Crippen molar-refractivity contribution in [1.29, 1.82) is 0 Å². The van der Waals surface area contributed by atoms with Gasteiger partial charge in [-0.15, -0.1) is 12.4 Å². The van der Waals surface area contributed by atoms with Crippen molar-refractivity contribution in [2.24, 2.45) is 5.92 Å². The van der Waals surface area contributed by atoms with Gasteiger partial charge in [-0.25, -0.2) is 0 Å². The Morgan fingerprint density at radius 2 is 1.83 bits per heavy atom. The van der Waals surface area contributed by atoms with Crippen LogP contribution in [0.1, 0.15) is 19.3 Å². The van der Waals surface area contributed by atoms with Crippen LogP contribution in [0.5, 0.6) is 0 Å². The Kier molecular flexibility index (Phi) is 6.66. The van der Waals surface area contributed by atoms with Gasteiger partial charge in [0.2, 0.25) is 11.8 Å². The molecule has 24 heavy (non-hydrogen) atoms. The van der Waals surface area contributed by atoms with Gasteiger partial charge in [-0.1, -0.05) is 12.1 Å². The van der Waals surface area contributed by atoms with Crippen LogP contribution >= 0.6 is 28.3 Å². The van der Waals surface area contributed by atoms with E-state index in [0.717, 1.165) is 36.1 Å². The molecule has 1 unspecified atom stereocenters. The monoisotopic (exact) mass is 415 g/mol. The predicted molar refractivity (Wildman–Crippen MR) is 101 cm³/mol. The fourth-order valence-electron chi connectivity index (χ4n) is 3.43. The maximum atomic E-state index is 12.7. The molecule has 7 heteroatoms. The van der Waals surface area contributed by atoms with Crippen LogP contribution in [-0.2, 0) is 9.59 Å². The number of hydrogen-bond acceptors (Lipinski definition) is 3. The summed E-state index contributed by atoms with van der Waals surface area (Å²) in [5, 5.41) is 3.26. The Morgan fingerprint density at radius 1 is 1.17 bits per heavy atom. The van der Waals surface area contributed by atoms with Crippen LogP contribution in [0.3, 0.4) is 0 Å². The number of hydrogen-bond donors (Lipinski definition) is 1. The van der Waals surface area contributed by atoms with Gasteiger partial charge in [0.1, 0.15) is 5.92 Å². The molecular formula is C17H23BrClN3O2. The van der Waals surface area contributed by atoms with E-state index < -0.39 is 5.92 Å². The molecule has 0 aliphatic carbocycles. The number of benzene rings is 1. The van der Waals surface area contributed by atoms with E-state index in [4.69, 9.17) is 0 Å². The second-order valence-corrected chi connectivity index (χ2v) is 7.03. The van der Waals surface area contributed by atoms with Gasteiger partial charge in [-0.05, 0) is 54.4 Å². The number of carbonyl (C=O) groups is 2. The Balaban J connectivity index is 0.00000208. The zero-order chi connectivity index (χ0) is 16.4. The number of nitrogens with one attached hydrogen (secondary N) is 1. The van der Waals surface area contributed by atoms with E-state index in [0.29, 0.717) is 19.0 Å². The summed E-state index contributed by atoms with van der Waals surface area (Å²) >= 11 is 3.49. The molecule has 0 spiro atoms. The van der Waals surface area contributed by atoms with Crippen LogP contribution in [-0.4, -0.2) is 49.4 Å². The summed E-state index contributed by atoms with van der Waals surface area (Å²) in [6.45, 7) is 2.08. The summed E-state index contributed by atoms with van der Waals surface area (Å²) in [4.78, 5) is 29.0.